The van der Waals surface area contributed by atoms with Crippen LogP contribution in [0.1, 0.15) is 24.0 Å². The fourth-order valence-corrected chi connectivity index (χ4v) is 3.26. The smallest absolute Gasteiger partial charge is 0.322 e. The van der Waals surface area contributed by atoms with Crippen LogP contribution in [0.4, 0.5) is 6.01 Å². The minimum absolute atomic E-state index is 0.117. The first-order valence-corrected chi connectivity index (χ1v) is 9.49. The Labute approximate surface area is 157 Å². The molecule has 1 aromatic heterocycles. The van der Waals surface area contributed by atoms with Crippen LogP contribution < -0.4 is 5.32 Å². The second-order valence-corrected chi connectivity index (χ2v) is 7.19. The summed E-state index contributed by atoms with van der Waals surface area (Å²) in [5.41, 5.74) is 3.21. The van der Waals surface area contributed by atoms with Crippen molar-refractivity contribution in [3.05, 3.63) is 59.7 Å². The van der Waals surface area contributed by atoms with Gasteiger partial charge in [-0.3, -0.25) is 10.1 Å². The van der Waals surface area contributed by atoms with E-state index in [1.54, 1.807) is 11.8 Å². The summed E-state index contributed by atoms with van der Waals surface area (Å²) >= 11 is 1.74. The number of anilines is 1. The zero-order valence-electron chi connectivity index (χ0n) is 14.9. The van der Waals surface area contributed by atoms with Gasteiger partial charge in [-0.05, 0) is 61.4 Å². The van der Waals surface area contributed by atoms with Crippen LogP contribution in [0.15, 0.2) is 57.8 Å². The van der Waals surface area contributed by atoms with E-state index >= 15 is 0 Å². The Hall–Kier alpha value is -2.60. The van der Waals surface area contributed by atoms with Gasteiger partial charge in [0.25, 0.3) is 0 Å². The molecule has 3 aromatic rings. The molecule has 5 nitrogen and oxygen atoms in total. The Kier molecular flexibility index (Phi) is 6.07. The lowest BCUT2D eigenvalue weighted by atomic mass is 10.1. The van der Waals surface area contributed by atoms with Crippen LogP contribution in [0.25, 0.3) is 11.5 Å². The van der Waals surface area contributed by atoms with E-state index in [1.807, 2.05) is 43.3 Å². The van der Waals surface area contributed by atoms with E-state index in [9.17, 15) is 4.79 Å². The highest BCUT2D eigenvalue weighted by Crippen LogP contribution is 2.23. The number of nitrogens with zero attached hydrogens (tertiary/aromatic N) is 2. The predicted molar refractivity (Wildman–Crippen MR) is 104 cm³/mol. The Morgan fingerprint density at radius 1 is 1.08 bits per heavy atom. The number of benzene rings is 2. The van der Waals surface area contributed by atoms with Crippen LogP contribution in [0.5, 0.6) is 0 Å². The molecular formula is C20H21N3O2S. The van der Waals surface area contributed by atoms with Crippen LogP contribution in [-0.4, -0.2) is 21.9 Å². The number of amides is 1. The quantitative estimate of drug-likeness (QED) is 0.477. The maximum Gasteiger partial charge on any atom is 0.322 e. The van der Waals surface area contributed by atoms with Crippen LogP contribution in [0.2, 0.25) is 0 Å². The molecule has 2 aromatic carbocycles. The number of carbonyl (C=O) groups is 1. The molecule has 134 valence electrons. The van der Waals surface area contributed by atoms with Crippen molar-refractivity contribution in [3.63, 3.8) is 0 Å². The molecule has 0 atom stereocenters. The molecule has 0 saturated heterocycles. The minimum Gasteiger partial charge on any atom is -0.403 e. The van der Waals surface area contributed by atoms with E-state index in [0.717, 1.165) is 23.3 Å². The topological polar surface area (TPSA) is 68.0 Å². The number of carbonyl (C=O) groups excluding carboxylic acids is 1. The van der Waals surface area contributed by atoms with Crippen LogP contribution in [0, 0.1) is 13.8 Å². The van der Waals surface area contributed by atoms with Crippen molar-refractivity contribution < 1.29 is 9.21 Å². The molecule has 0 spiro atoms. The van der Waals surface area contributed by atoms with Gasteiger partial charge in [0.15, 0.2) is 0 Å². The maximum absolute atomic E-state index is 12.0. The van der Waals surface area contributed by atoms with E-state index in [0.29, 0.717) is 12.3 Å². The summed E-state index contributed by atoms with van der Waals surface area (Å²) in [5.74, 6) is 1.17. The predicted octanol–water partition coefficient (Wildman–Crippen LogP) is 4.86. The molecule has 0 aliphatic heterocycles. The molecule has 0 bridgehead atoms. The number of aromatic nitrogens is 2. The minimum atomic E-state index is -0.117. The summed E-state index contributed by atoms with van der Waals surface area (Å²) in [6.07, 6.45) is 1.20. The van der Waals surface area contributed by atoms with Crippen LogP contribution >= 0.6 is 11.8 Å². The molecule has 0 unspecified atom stereocenters. The van der Waals surface area contributed by atoms with Crippen molar-refractivity contribution in [3.8, 4) is 11.5 Å². The zero-order valence-corrected chi connectivity index (χ0v) is 15.7. The summed E-state index contributed by atoms with van der Waals surface area (Å²) in [6, 6.07) is 16.2. The van der Waals surface area contributed by atoms with Gasteiger partial charge in [0.1, 0.15) is 0 Å². The number of nitrogens with one attached hydrogen (secondary N) is 1. The van der Waals surface area contributed by atoms with Crippen molar-refractivity contribution in [2.75, 3.05) is 11.1 Å². The second-order valence-electron chi connectivity index (χ2n) is 6.02. The molecular weight excluding hydrogens is 346 g/mol. The lowest BCUT2D eigenvalue weighted by molar-refractivity contribution is -0.116. The molecule has 1 N–H and O–H groups in total. The maximum atomic E-state index is 12.0. The summed E-state index contributed by atoms with van der Waals surface area (Å²) < 4.78 is 5.55. The van der Waals surface area contributed by atoms with Gasteiger partial charge in [-0.15, -0.1) is 16.9 Å². The monoisotopic (exact) mass is 367 g/mol. The van der Waals surface area contributed by atoms with Gasteiger partial charge in [0, 0.05) is 16.9 Å². The van der Waals surface area contributed by atoms with Crippen molar-refractivity contribution in [1.82, 2.24) is 10.2 Å². The van der Waals surface area contributed by atoms with Gasteiger partial charge in [-0.1, -0.05) is 29.4 Å². The van der Waals surface area contributed by atoms with Crippen LogP contribution in [0.3, 0.4) is 0 Å². The third-order valence-corrected chi connectivity index (χ3v) is 5.08. The Balaban J connectivity index is 1.47. The molecule has 0 radical (unpaired) electrons. The van der Waals surface area contributed by atoms with Crippen molar-refractivity contribution in [1.29, 1.82) is 0 Å². The average Bonchev–Trinajstić information content (AvgIpc) is 3.10. The van der Waals surface area contributed by atoms with E-state index in [-0.39, 0.29) is 11.9 Å². The summed E-state index contributed by atoms with van der Waals surface area (Å²) in [7, 11) is 0. The summed E-state index contributed by atoms with van der Waals surface area (Å²) in [5, 5.41) is 10.6. The van der Waals surface area contributed by atoms with Gasteiger partial charge in [-0.25, -0.2) is 0 Å². The highest BCUT2D eigenvalue weighted by molar-refractivity contribution is 7.99. The SMILES string of the molecule is Cc1ccc(-c2nnc(NC(=O)CCCSc3ccccc3)o2)cc1C. The summed E-state index contributed by atoms with van der Waals surface area (Å²) in [4.78, 5) is 13.2. The highest BCUT2D eigenvalue weighted by Gasteiger charge is 2.11. The van der Waals surface area contributed by atoms with E-state index in [4.69, 9.17) is 4.42 Å². The van der Waals surface area contributed by atoms with Crippen molar-refractivity contribution >= 4 is 23.7 Å². The molecule has 0 aliphatic rings. The molecule has 1 heterocycles. The van der Waals surface area contributed by atoms with E-state index in [2.05, 4.69) is 34.6 Å². The molecule has 1 amide bonds. The van der Waals surface area contributed by atoms with Crippen molar-refractivity contribution in [2.45, 2.75) is 31.6 Å². The fraction of sp³-hybridized carbons (Fsp3) is 0.250. The fourth-order valence-electron chi connectivity index (χ4n) is 2.39. The lowest BCUT2D eigenvalue weighted by Gasteiger charge is -2.02. The molecule has 0 aliphatic carbocycles. The zero-order chi connectivity index (χ0) is 18.4. The van der Waals surface area contributed by atoms with Crippen LogP contribution in [-0.2, 0) is 4.79 Å². The number of rotatable bonds is 7. The first kappa shape index (κ1) is 18.2. The number of hydrogen-bond acceptors (Lipinski definition) is 5. The van der Waals surface area contributed by atoms with Gasteiger partial charge in [0.2, 0.25) is 11.8 Å². The van der Waals surface area contributed by atoms with Crippen molar-refractivity contribution in [2.24, 2.45) is 0 Å². The Morgan fingerprint density at radius 3 is 2.65 bits per heavy atom. The number of hydrogen-bond donors (Lipinski definition) is 1. The normalized spacial score (nSPS) is 10.7. The molecule has 3 rings (SSSR count). The van der Waals surface area contributed by atoms with Gasteiger partial charge < -0.3 is 4.42 Å². The van der Waals surface area contributed by atoms with Gasteiger partial charge >= 0.3 is 6.01 Å². The van der Waals surface area contributed by atoms with Gasteiger partial charge in [0.05, 0.1) is 0 Å². The standard InChI is InChI=1S/C20H21N3O2S/c1-14-10-11-16(13-15(14)2)19-22-23-20(25-19)21-18(24)9-6-12-26-17-7-4-3-5-8-17/h3-5,7-8,10-11,13H,6,9,12H2,1-2H3,(H,21,23,24). The first-order chi connectivity index (χ1) is 12.6. The molecule has 0 fully saturated rings. The molecule has 26 heavy (non-hydrogen) atoms. The van der Waals surface area contributed by atoms with E-state index < -0.39 is 0 Å². The number of aryl methyl sites for hydroxylation is 2. The first-order valence-electron chi connectivity index (χ1n) is 8.50. The lowest BCUT2D eigenvalue weighted by Crippen LogP contribution is -2.11. The molecule has 0 saturated carbocycles. The Bertz CT molecular complexity index is 878. The Morgan fingerprint density at radius 2 is 1.88 bits per heavy atom. The van der Waals surface area contributed by atoms with Gasteiger partial charge in [-0.2, -0.15) is 0 Å². The second kappa shape index (κ2) is 8.67. The summed E-state index contributed by atoms with van der Waals surface area (Å²) in [6.45, 7) is 4.08. The third kappa shape index (κ3) is 4.95. The molecule has 6 heteroatoms. The average molecular weight is 367 g/mol. The number of thioether (sulfide) groups is 1. The third-order valence-electron chi connectivity index (χ3n) is 3.99. The highest BCUT2D eigenvalue weighted by atomic mass is 32.2. The largest absolute Gasteiger partial charge is 0.403 e. The van der Waals surface area contributed by atoms with E-state index in [1.165, 1.54) is 10.5 Å².